The second kappa shape index (κ2) is 11.1. The third kappa shape index (κ3) is 5.30. The topological polar surface area (TPSA) is 115 Å². The molecular formula is C24H28N3O6S2+. The lowest BCUT2D eigenvalue weighted by atomic mass is 9.95. The van der Waals surface area contributed by atoms with E-state index in [0.717, 1.165) is 47.9 Å². The number of thioether (sulfide) groups is 1. The van der Waals surface area contributed by atoms with Crippen molar-refractivity contribution in [1.82, 2.24) is 5.27 Å². The average molecular weight is 519 g/mol. The molecule has 1 aliphatic rings. The number of nitrogens with zero attached hydrogens (tertiary/aromatic N) is 1. The highest BCUT2D eigenvalue weighted by molar-refractivity contribution is 8.00. The van der Waals surface area contributed by atoms with Gasteiger partial charge in [-0.3, -0.25) is 9.32 Å². The molecule has 3 aromatic rings. The SMILES string of the molecule is CCOC(=O)c1c(NC(=O)C(CC)Sc2c(=O)o[nH][n+]2-c2ccc(OC)cc2)sc2c1CCCC2. The van der Waals surface area contributed by atoms with Crippen molar-refractivity contribution < 1.29 is 28.3 Å². The number of aromatic amines is 1. The molecule has 0 spiro atoms. The van der Waals surface area contributed by atoms with E-state index in [1.165, 1.54) is 16.0 Å². The van der Waals surface area contributed by atoms with E-state index in [1.807, 2.05) is 6.92 Å². The zero-order chi connectivity index (χ0) is 24.9. The van der Waals surface area contributed by atoms with E-state index in [1.54, 1.807) is 38.3 Å². The summed E-state index contributed by atoms with van der Waals surface area (Å²) in [5.41, 5.74) is 1.54. The van der Waals surface area contributed by atoms with E-state index in [9.17, 15) is 14.4 Å². The molecule has 4 rings (SSSR count). The van der Waals surface area contributed by atoms with Crippen LogP contribution >= 0.6 is 23.1 Å². The zero-order valence-corrected chi connectivity index (χ0v) is 21.5. The number of anilines is 1. The lowest BCUT2D eigenvalue weighted by molar-refractivity contribution is -0.704. The van der Waals surface area contributed by atoms with Crippen molar-refractivity contribution in [1.29, 1.82) is 0 Å². The molecule has 11 heteroatoms. The first kappa shape index (κ1) is 25.1. The highest BCUT2D eigenvalue weighted by Crippen LogP contribution is 2.39. The minimum absolute atomic E-state index is 0.244. The highest BCUT2D eigenvalue weighted by Gasteiger charge is 2.33. The number of aromatic nitrogens is 2. The smallest absolute Gasteiger partial charge is 0.442 e. The van der Waals surface area contributed by atoms with Crippen LogP contribution in [-0.4, -0.2) is 36.1 Å². The maximum Gasteiger partial charge on any atom is 0.442 e. The quantitative estimate of drug-likeness (QED) is 0.251. The summed E-state index contributed by atoms with van der Waals surface area (Å²) in [7, 11) is 1.57. The molecule has 0 bridgehead atoms. The van der Waals surface area contributed by atoms with Crippen LogP contribution in [-0.2, 0) is 22.4 Å². The molecular weight excluding hydrogens is 490 g/mol. The first-order valence-corrected chi connectivity index (χ1v) is 13.2. The van der Waals surface area contributed by atoms with E-state index in [2.05, 4.69) is 10.6 Å². The van der Waals surface area contributed by atoms with Crippen molar-refractivity contribution in [2.45, 2.75) is 56.2 Å². The molecule has 0 aliphatic heterocycles. The fourth-order valence-electron chi connectivity index (χ4n) is 3.99. The maximum absolute atomic E-state index is 13.3. The molecule has 0 fully saturated rings. The zero-order valence-electron chi connectivity index (χ0n) is 19.8. The van der Waals surface area contributed by atoms with E-state index < -0.39 is 16.8 Å². The fourth-order valence-corrected chi connectivity index (χ4v) is 6.26. The number of thiophene rings is 1. The molecule has 1 atom stereocenters. The number of amides is 1. The molecule has 9 nitrogen and oxygen atoms in total. The molecule has 2 aromatic heterocycles. The van der Waals surface area contributed by atoms with E-state index >= 15 is 0 Å². The van der Waals surface area contributed by atoms with Crippen LogP contribution in [0.5, 0.6) is 5.75 Å². The van der Waals surface area contributed by atoms with Crippen molar-refractivity contribution in [3.05, 3.63) is 50.7 Å². The molecule has 1 aromatic carbocycles. The number of H-pyrrole nitrogens is 1. The van der Waals surface area contributed by atoms with Gasteiger partial charge in [-0.1, -0.05) is 6.92 Å². The molecule has 0 saturated carbocycles. The van der Waals surface area contributed by atoms with Crippen LogP contribution in [0.3, 0.4) is 0 Å². The number of esters is 1. The first-order valence-electron chi connectivity index (χ1n) is 11.5. The molecule has 0 radical (unpaired) electrons. The van der Waals surface area contributed by atoms with Gasteiger partial charge in [0.25, 0.3) is 0 Å². The van der Waals surface area contributed by atoms with E-state index in [-0.39, 0.29) is 17.5 Å². The van der Waals surface area contributed by atoms with Gasteiger partial charge in [-0.25, -0.2) is 9.59 Å². The van der Waals surface area contributed by atoms with Gasteiger partial charge in [0.05, 0.1) is 24.5 Å². The Morgan fingerprint density at radius 1 is 1.23 bits per heavy atom. The van der Waals surface area contributed by atoms with Gasteiger partial charge in [0.1, 0.15) is 10.8 Å². The van der Waals surface area contributed by atoms with Gasteiger partial charge < -0.3 is 14.8 Å². The van der Waals surface area contributed by atoms with Gasteiger partial charge in [-0.15, -0.1) is 11.3 Å². The fraction of sp³-hybridized carbons (Fsp3) is 0.417. The number of hydrogen-bond acceptors (Lipinski definition) is 8. The predicted octanol–water partition coefficient (Wildman–Crippen LogP) is 3.88. The molecule has 0 saturated heterocycles. The van der Waals surface area contributed by atoms with E-state index in [0.29, 0.717) is 28.4 Å². The standard InChI is InChI=1S/C24H27N3O6S2/c1-4-17(35-22-24(30)33-26-27(22)14-10-12-15(31-3)13-11-14)20(28)25-21-19(23(29)32-5-2)16-8-6-7-9-18(16)34-21/h10-13,17H,4-9H2,1-3H3,(H-,25,26,28,29,30)/p+1. The summed E-state index contributed by atoms with van der Waals surface area (Å²) in [6.07, 6.45) is 4.22. The van der Waals surface area contributed by atoms with Crippen molar-refractivity contribution >= 4 is 40.0 Å². The maximum atomic E-state index is 13.3. The molecule has 1 unspecified atom stereocenters. The summed E-state index contributed by atoms with van der Waals surface area (Å²) in [6, 6.07) is 7.08. The van der Waals surface area contributed by atoms with Gasteiger partial charge in [0, 0.05) is 17.0 Å². The Kier molecular flexibility index (Phi) is 7.97. The Labute approximate surface area is 210 Å². The number of methoxy groups -OCH3 is 1. The molecule has 35 heavy (non-hydrogen) atoms. The number of hydrogen-bond donors (Lipinski definition) is 2. The second-order valence-electron chi connectivity index (χ2n) is 7.96. The minimum Gasteiger partial charge on any atom is -0.497 e. The van der Waals surface area contributed by atoms with Crippen LogP contribution in [0.4, 0.5) is 5.00 Å². The lowest BCUT2D eigenvalue weighted by Gasteiger charge is -2.13. The molecule has 1 amide bonds. The first-order chi connectivity index (χ1) is 17.0. The van der Waals surface area contributed by atoms with Crippen LogP contribution in [0.1, 0.15) is 53.9 Å². The van der Waals surface area contributed by atoms with Gasteiger partial charge in [-0.05, 0) is 78.4 Å². The number of benzene rings is 1. The number of carbonyl (C=O) groups excluding carboxylic acids is 2. The minimum atomic E-state index is -0.590. The van der Waals surface area contributed by atoms with Gasteiger partial charge in [0.2, 0.25) is 11.6 Å². The summed E-state index contributed by atoms with van der Waals surface area (Å²) in [5.74, 6) is -0.0219. The number of aryl methyl sites for hydroxylation is 1. The Hall–Kier alpha value is -3.05. The van der Waals surface area contributed by atoms with Crippen LogP contribution < -0.4 is 20.4 Å². The molecule has 2 heterocycles. The molecule has 186 valence electrons. The monoisotopic (exact) mass is 518 g/mol. The van der Waals surface area contributed by atoms with Crippen molar-refractivity contribution in [2.75, 3.05) is 19.0 Å². The Balaban J connectivity index is 1.58. The van der Waals surface area contributed by atoms with Crippen molar-refractivity contribution in [3.63, 3.8) is 0 Å². The number of fused-ring (bicyclic) bond motifs is 1. The summed E-state index contributed by atoms with van der Waals surface area (Å²) >= 11 is 2.55. The van der Waals surface area contributed by atoms with Gasteiger partial charge >= 0.3 is 16.6 Å². The molecule has 2 N–H and O–H groups in total. The van der Waals surface area contributed by atoms with Gasteiger partial charge in [-0.2, -0.15) is 0 Å². The number of carbonyl (C=O) groups is 2. The van der Waals surface area contributed by atoms with E-state index in [4.69, 9.17) is 14.0 Å². The van der Waals surface area contributed by atoms with Crippen LogP contribution in [0.15, 0.2) is 38.6 Å². The predicted molar refractivity (Wildman–Crippen MR) is 133 cm³/mol. The Morgan fingerprint density at radius 2 is 1.97 bits per heavy atom. The summed E-state index contributed by atoms with van der Waals surface area (Å²) in [5, 5.41) is 5.72. The van der Waals surface area contributed by atoms with Crippen LogP contribution in [0.25, 0.3) is 5.69 Å². The summed E-state index contributed by atoms with van der Waals surface area (Å²) in [4.78, 5) is 39.6. The van der Waals surface area contributed by atoms with Crippen molar-refractivity contribution in [2.24, 2.45) is 0 Å². The van der Waals surface area contributed by atoms with Crippen molar-refractivity contribution in [3.8, 4) is 11.4 Å². The summed E-state index contributed by atoms with van der Waals surface area (Å²) in [6.45, 7) is 3.90. The normalized spacial score (nSPS) is 13.7. The second-order valence-corrected chi connectivity index (χ2v) is 10.3. The lowest BCUT2D eigenvalue weighted by Crippen LogP contribution is -2.37. The van der Waals surface area contributed by atoms with Crippen LogP contribution in [0.2, 0.25) is 0 Å². The van der Waals surface area contributed by atoms with Gasteiger partial charge in [0.15, 0.2) is 0 Å². The number of rotatable bonds is 9. The third-order valence-corrected chi connectivity index (χ3v) is 8.35. The van der Waals surface area contributed by atoms with Crippen LogP contribution in [0, 0.1) is 0 Å². The highest BCUT2D eigenvalue weighted by atomic mass is 32.2. The third-order valence-electron chi connectivity index (χ3n) is 5.74. The number of nitrogens with one attached hydrogen (secondary N) is 2. The Morgan fingerprint density at radius 3 is 2.66 bits per heavy atom. The largest absolute Gasteiger partial charge is 0.497 e. The number of ether oxygens (including phenoxy) is 2. The average Bonchev–Trinajstić information content (AvgIpc) is 3.42. The summed E-state index contributed by atoms with van der Waals surface area (Å²) < 4.78 is 17.0. The molecule has 1 aliphatic carbocycles. The Bertz CT molecular complexity index is 1260.